The highest BCUT2D eigenvalue weighted by molar-refractivity contribution is 7.92. The Hall–Kier alpha value is -2.02. The molecule has 0 radical (unpaired) electrons. The molecule has 7 heteroatoms. The minimum atomic E-state index is -3.23. The van der Waals surface area contributed by atoms with Gasteiger partial charge in [0, 0.05) is 35.7 Å². The second-order valence-corrected chi connectivity index (χ2v) is 6.98. The van der Waals surface area contributed by atoms with Crippen LogP contribution in [-0.4, -0.2) is 24.5 Å². The average Bonchev–Trinajstić information content (AvgIpc) is 2.85. The monoisotopic (exact) mass is 308 g/mol. The van der Waals surface area contributed by atoms with Crippen molar-refractivity contribution in [3.05, 3.63) is 42.2 Å². The van der Waals surface area contributed by atoms with E-state index in [9.17, 15) is 8.42 Å². The maximum absolute atomic E-state index is 11.1. The van der Waals surface area contributed by atoms with E-state index >= 15 is 0 Å². The maximum Gasteiger partial charge on any atom is 0.229 e. The summed E-state index contributed by atoms with van der Waals surface area (Å²) in [5.74, 6) is 0. The third-order valence-corrected chi connectivity index (χ3v) is 3.48. The number of benzene rings is 1. The first-order valence-electron chi connectivity index (χ1n) is 6.68. The Labute approximate surface area is 125 Å². The van der Waals surface area contributed by atoms with Gasteiger partial charge in [-0.1, -0.05) is 0 Å². The summed E-state index contributed by atoms with van der Waals surface area (Å²) in [6, 6.07) is 7.46. The molecule has 0 aliphatic rings. The molecule has 21 heavy (non-hydrogen) atoms. The first-order chi connectivity index (χ1) is 9.83. The van der Waals surface area contributed by atoms with Crippen LogP contribution in [0.4, 0.5) is 11.4 Å². The smallest absolute Gasteiger partial charge is 0.229 e. The summed E-state index contributed by atoms with van der Waals surface area (Å²) in [4.78, 5) is 0. The third-order valence-electron chi connectivity index (χ3n) is 2.87. The molecular weight excluding hydrogens is 288 g/mol. The van der Waals surface area contributed by atoms with Crippen LogP contribution in [-0.2, 0) is 16.6 Å². The van der Waals surface area contributed by atoms with Crippen LogP contribution in [0.25, 0.3) is 0 Å². The minimum absolute atomic E-state index is 0.347. The predicted molar refractivity (Wildman–Crippen MR) is 84.8 cm³/mol. The van der Waals surface area contributed by atoms with E-state index in [1.165, 1.54) is 0 Å². The summed E-state index contributed by atoms with van der Waals surface area (Å²) >= 11 is 0. The summed E-state index contributed by atoms with van der Waals surface area (Å²) in [5.41, 5.74) is 2.57. The molecule has 0 amide bonds. The first-order valence-corrected chi connectivity index (χ1v) is 8.57. The molecule has 114 valence electrons. The third kappa shape index (κ3) is 4.78. The Morgan fingerprint density at radius 2 is 1.81 bits per heavy atom. The number of anilines is 2. The second kappa shape index (κ2) is 6.17. The van der Waals surface area contributed by atoms with Gasteiger partial charge >= 0.3 is 0 Å². The fourth-order valence-electron chi connectivity index (χ4n) is 1.83. The van der Waals surface area contributed by atoms with Gasteiger partial charge in [0.1, 0.15) is 0 Å². The summed E-state index contributed by atoms with van der Waals surface area (Å²) in [5, 5.41) is 7.56. The quantitative estimate of drug-likeness (QED) is 0.859. The van der Waals surface area contributed by atoms with Crippen molar-refractivity contribution in [2.45, 2.75) is 26.4 Å². The van der Waals surface area contributed by atoms with Crippen LogP contribution in [0.2, 0.25) is 0 Å². The molecule has 1 aromatic heterocycles. The van der Waals surface area contributed by atoms with E-state index in [2.05, 4.69) is 29.0 Å². The summed E-state index contributed by atoms with van der Waals surface area (Å²) in [6.07, 6.45) is 4.98. The molecule has 0 aliphatic carbocycles. The fourth-order valence-corrected chi connectivity index (χ4v) is 2.39. The van der Waals surface area contributed by atoms with Gasteiger partial charge in [0.25, 0.3) is 0 Å². The predicted octanol–water partition coefficient (Wildman–Crippen LogP) is 2.45. The lowest BCUT2D eigenvalue weighted by molar-refractivity contribution is 0.532. The maximum atomic E-state index is 11.1. The van der Waals surface area contributed by atoms with Gasteiger partial charge in [-0.2, -0.15) is 5.10 Å². The first kappa shape index (κ1) is 15.4. The SMILES string of the molecule is CC(C)n1cc(CNc2ccc(NS(C)(=O)=O)cc2)cn1. The molecule has 0 bridgehead atoms. The van der Waals surface area contributed by atoms with Crippen LogP contribution in [0.5, 0.6) is 0 Å². The van der Waals surface area contributed by atoms with Crippen molar-refractivity contribution in [3.63, 3.8) is 0 Å². The lowest BCUT2D eigenvalue weighted by Crippen LogP contribution is -2.09. The molecule has 2 N–H and O–H groups in total. The Kier molecular flexibility index (Phi) is 4.52. The van der Waals surface area contributed by atoms with E-state index < -0.39 is 10.0 Å². The zero-order valence-electron chi connectivity index (χ0n) is 12.4. The van der Waals surface area contributed by atoms with Gasteiger partial charge in [0.15, 0.2) is 0 Å². The number of nitrogens with zero attached hydrogens (tertiary/aromatic N) is 2. The van der Waals surface area contributed by atoms with Crippen LogP contribution >= 0.6 is 0 Å². The van der Waals surface area contributed by atoms with Gasteiger partial charge in [0.2, 0.25) is 10.0 Å². The number of rotatable bonds is 6. The molecule has 0 atom stereocenters. The normalized spacial score (nSPS) is 11.6. The van der Waals surface area contributed by atoms with Gasteiger partial charge < -0.3 is 5.32 Å². The lowest BCUT2D eigenvalue weighted by Gasteiger charge is -2.07. The van der Waals surface area contributed by atoms with Gasteiger partial charge in [-0.25, -0.2) is 8.42 Å². The van der Waals surface area contributed by atoms with E-state index in [1.807, 2.05) is 29.2 Å². The van der Waals surface area contributed by atoms with E-state index in [-0.39, 0.29) is 0 Å². The highest BCUT2D eigenvalue weighted by Crippen LogP contribution is 2.15. The molecular formula is C14H20N4O2S. The lowest BCUT2D eigenvalue weighted by atomic mass is 10.2. The van der Waals surface area contributed by atoms with E-state index in [0.29, 0.717) is 18.3 Å². The number of sulfonamides is 1. The summed E-state index contributed by atoms with van der Waals surface area (Å²) < 4.78 is 26.6. The van der Waals surface area contributed by atoms with Gasteiger partial charge in [-0.05, 0) is 38.1 Å². The Bertz CT molecular complexity index is 690. The fraction of sp³-hybridized carbons (Fsp3) is 0.357. The van der Waals surface area contributed by atoms with Crippen molar-refractivity contribution < 1.29 is 8.42 Å². The molecule has 0 spiro atoms. The molecule has 0 fully saturated rings. The summed E-state index contributed by atoms with van der Waals surface area (Å²) in [7, 11) is -3.23. The average molecular weight is 308 g/mol. The van der Waals surface area contributed by atoms with E-state index in [1.54, 1.807) is 12.1 Å². The van der Waals surface area contributed by atoms with Crippen molar-refractivity contribution in [2.75, 3.05) is 16.3 Å². The second-order valence-electron chi connectivity index (χ2n) is 5.23. The minimum Gasteiger partial charge on any atom is -0.381 e. The van der Waals surface area contributed by atoms with Gasteiger partial charge in [-0.15, -0.1) is 0 Å². The Balaban J connectivity index is 1.94. The Morgan fingerprint density at radius 3 is 2.33 bits per heavy atom. The Morgan fingerprint density at radius 1 is 1.19 bits per heavy atom. The molecule has 1 aromatic carbocycles. The molecule has 1 heterocycles. The summed E-state index contributed by atoms with van der Waals surface area (Å²) in [6.45, 7) is 4.83. The zero-order valence-corrected chi connectivity index (χ0v) is 13.2. The molecule has 0 unspecified atom stereocenters. The van der Waals surface area contributed by atoms with Crippen LogP contribution in [0.1, 0.15) is 25.5 Å². The molecule has 0 saturated carbocycles. The van der Waals surface area contributed by atoms with Crippen molar-refractivity contribution in [2.24, 2.45) is 0 Å². The molecule has 2 aromatic rings. The number of hydrogen-bond acceptors (Lipinski definition) is 4. The van der Waals surface area contributed by atoms with E-state index in [4.69, 9.17) is 0 Å². The van der Waals surface area contributed by atoms with Crippen LogP contribution in [0, 0.1) is 0 Å². The largest absolute Gasteiger partial charge is 0.381 e. The van der Waals surface area contributed by atoms with Crippen molar-refractivity contribution in [1.82, 2.24) is 9.78 Å². The van der Waals surface area contributed by atoms with Crippen molar-refractivity contribution in [3.8, 4) is 0 Å². The van der Waals surface area contributed by atoms with Crippen LogP contribution in [0.15, 0.2) is 36.7 Å². The van der Waals surface area contributed by atoms with Crippen LogP contribution < -0.4 is 10.0 Å². The number of nitrogens with one attached hydrogen (secondary N) is 2. The topological polar surface area (TPSA) is 76.0 Å². The number of hydrogen-bond donors (Lipinski definition) is 2. The molecule has 6 nitrogen and oxygen atoms in total. The highest BCUT2D eigenvalue weighted by atomic mass is 32.2. The molecule has 2 rings (SSSR count). The molecule has 0 saturated heterocycles. The standard InChI is InChI=1S/C14H20N4O2S/c1-11(2)18-10-12(9-16-18)8-15-13-4-6-14(7-5-13)17-21(3,19)20/h4-7,9-11,15,17H,8H2,1-3H3. The number of aromatic nitrogens is 2. The van der Waals surface area contributed by atoms with Gasteiger partial charge in [0.05, 0.1) is 12.5 Å². The van der Waals surface area contributed by atoms with E-state index in [0.717, 1.165) is 17.5 Å². The zero-order chi connectivity index (χ0) is 15.5. The van der Waals surface area contributed by atoms with Gasteiger partial charge in [-0.3, -0.25) is 9.40 Å². The van der Waals surface area contributed by atoms with Crippen molar-refractivity contribution in [1.29, 1.82) is 0 Å². The highest BCUT2D eigenvalue weighted by Gasteiger charge is 2.03. The molecule has 0 aliphatic heterocycles. The van der Waals surface area contributed by atoms with Crippen LogP contribution in [0.3, 0.4) is 0 Å². The van der Waals surface area contributed by atoms with Crippen molar-refractivity contribution >= 4 is 21.4 Å².